The Morgan fingerprint density at radius 3 is 2.26 bits per heavy atom. The molecular weight excluding hydrogens is 240 g/mol. The highest BCUT2D eigenvalue weighted by Gasteiger charge is 2.12. The second-order valence-electron chi connectivity index (χ2n) is 4.25. The fourth-order valence-corrected chi connectivity index (χ4v) is 1.89. The Labute approximate surface area is 112 Å². The number of carboxylic acid groups (broad SMARTS) is 1. The molecule has 98 valence electrons. The second-order valence-corrected chi connectivity index (χ2v) is 4.25. The van der Waals surface area contributed by atoms with Gasteiger partial charge >= 0.3 is 5.97 Å². The van der Waals surface area contributed by atoms with Gasteiger partial charge in [0.2, 0.25) is 0 Å². The molecule has 0 spiro atoms. The van der Waals surface area contributed by atoms with E-state index in [1.165, 1.54) is 0 Å². The summed E-state index contributed by atoms with van der Waals surface area (Å²) in [7, 11) is 0. The minimum Gasteiger partial charge on any atom is -0.486 e. The molecule has 19 heavy (non-hydrogen) atoms. The molecule has 0 aromatic heterocycles. The predicted molar refractivity (Wildman–Crippen MR) is 73.5 cm³/mol. The number of carboxylic acids is 1. The van der Waals surface area contributed by atoms with Gasteiger partial charge in [0, 0.05) is 0 Å². The molecular formula is C16H16O3. The van der Waals surface area contributed by atoms with Crippen LogP contribution in [0, 0.1) is 0 Å². The number of benzene rings is 2. The molecule has 2 rings (SSSR count). The average molecular weight is 256 g/mol. The van der Waals surface area contributed by atoms with Crippen molar-refractivity contribution in [2.75, 3.05) is 0 Å². The highest BCUT2D eigenvalue weighted by Crippen LogP contribution is 2.24. The molecule has 0 aliphatic carbocycles. The van der Waals surface area contributed by atoms with Gasteiger partial charge < -0.3 is 9.84 Å². The second kappa shape index (κ2) is 6.05. The van der Waals surface area contributed by atoms with E-state index in [4.69, 9.17) is 9.84 Å². The van der Waals surface area contributed by atoms with E-state index in [0.29, 0.717) is 5.56 Å². The number of hydrogen-bond donors (Lipinski definition) is 1. The molecule has 3 heteroatoms. The van der Waals surface area contributed by atoms with Crippen molar-refractivity contribution in [1.82, 2.24) is 0 Å². The predicted octanol–water partition coefficient (Wildman–Crippen LogP) is 3.91. The third-order valence-corrected chi connectivity index (χ3v) is 2.92. The van der Waals surface area contributed by atoms with Gasteiger partial charge in [-0.05, 0) is 36.2 Å². The first-order valence-electron chi connectivity index (χ1n) is 6.25. The number of rotatable bonds is 5. The zero-order valence-corrected chi connectivity index (χ0v) is 10.7. The molecule has 0 aliphatic rings. The van der Waals surface area contributed by atoms with Crippen LogP contribution >= 0.6 is 0 Å². The minimum absolute atomic E-state index is 0.0646. The van der Waals surface area contributed by atoms with Crippen LogP contribution in [0.3, 0.4) is 0 Å². The van der Waals surface area contributed by atoms with E-state index in [2.05, 4.69) is 0 Å². The zero-order chi connectivity index (χ0) is 13.7. The number of para-hydroxylation sites is 1. The molecule has 2 aromatic rings. The van der Waals surface area contributed by atoms with Crippen LogP contribution in [0.1, 0.15) is 35.4 Å². The first kappa shape index (κ1) is 13.1. The average Bonchev–Trinajstić information content (AvgIpc) is 2.46. The molecule has 1 atom stereocenters. The summed E-state index contributed by atoms with van der Waals surface area (Å²) in [6.45, 7) is 2.04. The van der Waals surface area contributed by atoms with Crippen LogP contribution in [0.15, 0.2) is 54.6 Å². The van der Waals surface area contributed by atoms with Gasteiger partial charge in [-0.1, -0.05) is 37.3 Å². The van der Waals surface area contributed by atoms with E-state index in [1.54, 1.807) is 24.3 Å². The third kappa shape index (κ3) is 3.35. The molecule has 0 fully saturated rings. The van der Waals surface area contributed by atoms with E-state index >= 15 is 0 Å². The zero-order valence-electron chi connectivity index (χ0n) is 10.7. The van der Waals surface area contributed by atoms with Crippen LogP contribution in [0.25, 0.3) is 0 Å². The molecule has 0 radical (unpaired) electrons. The van der Waals surface area contributed by atoms with Gasteiger partial charge in [0.25, 0.3) is 0 Å². The summed E-state index contributed by atoms with van der Waals surface area (Å²) in [5, 5.41) is 8.88. The Morgan fingerprint density at radius 1 is 1.11 bits per heavy atom. The van der Waals surface area contributed by atoms with E-state index in [1.807, 2.05) is 37.3 Å². The van der Waals surface area contributed by atoms with Crippen LogP contribution < -0.4 is 4.74 Å². The minimum atomic E-state index is -0.913. The maximum atomic E-state index is 10.8. The van der Waals surface area contributed by atoms with Crippen LogP contribution in [0.4, 0.5) is 0 Å². The van der Waals surface area contributed by atoms with Crippen LogP contribution in [0.5, 0.6) is 5.75 Å². The highest BCUT2D eigenvalue weighted by molar-refractivity contribution is 5.87. The summed E-state index contributed by atoms with van der Waals surface area (Å²) >= 11 is 0. The number of ether oxygens (including phenoxy) is 1. The Balaban J connectivity index is 2.15. The summed E-state index contributed by atoms with van der Waals surface area (Å²) in [6.07, 6.45) is 0.756. The molecule has 3 nitrogen and oxygen atoms in total. The molecule has 2 aromatic carbocycles. The maximum absolute atomic E-state index is 10.8. The van der Waals surface area contributed by atoms with Gasteiger partial charge in [0.1, 0.15) is 11.9 Å². The van der Waals surface area contributed by atoms with Gasteiger partial charge in [-0.3, -0.25) is 0 Å². The fraction of sp³-hybridized carbons (Fsp3) is 0.188. The van der Waals surface area contributed by atoms with Crippen LogP contribution in [0.2, 0.25) is 0 Å². The van der Waals surface area contributed by atoms with E-state index in [-0.39, 0.29) is 6.10 Å². The van der Waals surface area contributed by atoms with Crippen molar-refractivity contribution in [3.8, 4) is 5.75 Å². The fourth-order valence-electron chi connectivity index (χ4n) is 1.89. The molecule has 0 amide bonds. The Bertz CT molecular complexity index is 532. The first-order valence-corrected chi connectivity index (χ1v) is 6.25. The maximum Gasteiger partial charge on any atom is 0.335 e. The smallest absolute Gasteiger partial charge is 0.335 e. The van der Waals surface area contributed by atoms with Crippen molar-refractivity contribution in [3.63, 3.8) is 0 Å². The van der Waals surface area contributed by atoms with Gasteiger partial charge in [0.15, 0.2) is 0 Å². The van der Waals surface area contributed by atoms with E-state index in [0.717, 1.165) is 17.7 Å². The van der Waals surface area contributed by atoms with Crippen molar-refractivity contribution in [2.24, 2.45) is 0 Å². The lowest BCUT2D eigenvalue weighted by molar-refractivity contribution is 0.0696. The quantitative estimate of drug-likeness (QED) is 0.882. The summed E-state index contributed by atoms with van der Waals surface area (Å²) in [6, 6.07) is 16.4. The number of carbonyl (C=O) groups is 1. The molecule has 0 aliphatic heterocycles. The normalized spacial score (nSPS) is 11.8. The van der Waals surface area contributed by atoms with Gasteiger partial charge in [-0.2, -0.15) is 0 Å². The SMILES string of the molecule is CCC(Oc1ccccc1)c1ccc(C(=O)O)cc1. The lowest BCUT2D eigenvalue weighted by atomic mass is 10.0. The number of hydrogen-bond acceptors (Lipinski definition) is 2. The van der Waals surface area contributed by atoms with Crippen molar-refractivity contribution >= 4 is 5.97 Å². The van der Waals surface area contributed by atoms with E-state index in [9.17, 15) is 4.79 Å². The lowest BCUT2D eigenvalue weighted by Gasteiger charge is -2.18. The molecule has 0 saturated carbocycles. The van der Waals surface area contributed by atoms with Crippen LogP contribution in [-0.4, -0.2) is 11.1 Å². The molecule has 1 N–H and O–H groups in total. The lowest BCUT2D eigenvalue weighted by Crippen LogP contribution is -2.07. The van der Waals surface area contributed by atoms with Crippen molar-refractivity contribution in [1.29, 1.82) is 0 Å². The van der Waals surface area contributed by atoms with Gasteiger partial charge in [-0.25, -0.2) is 4.79 Å². The Hall–Kier alpha value is -2.29. The third-order valence-electron chi connectivity index (χ3n) is 2.92. The summed E-state index contributed by atoms with van der Waals surface area (Å²) in [5.74, 6) is -0.0970. The Kier molecular flexibility index (Phi) is 4.18. The molecule has 1 unspecified atom stereocenters. The van der Waals surface area contributed by atoms with Crippen molar-refractivity contribution in [2.45, 2.75) is 19.4 Å². The largest absolute Gasteiger partial charge is 0.486 e. The first-order chi connectivity index (χ1) is 9.20. The van der Waals surface area contributed by atoms with Gasteiger partial charge in [0.05, 0.1) is 5.56 Å². The topological polar surface area (TPSA) is 46.5 Å². The van der Waals surface area contributed by atoms with E-state index < -0.39 is 5.97 Å². The standard InChI is InChI=1S/C16H16O3/c1-2-15(19-14-6-4-3-5-7-14)12-8-10-13(11-9-12)16(17)18/h3-11,15H,2H2,1H3,(H,17,18). The molecule has 0 saturated heterocycles. The summed E-state index contributed by atoms with van der Waals surface area (Å²) < 4.78 is 5.90. The number of aromatic carboxylic acids is 1. The monoisotopic (exact) mass is 256 g/mol. The Morgan fingerprint density at radius 2 is 1.74 bits per heavy atom. The van der Waals surface area contributed by atoms with Crippen LogP contribution in [-0.2, 0) is 0 Å². The molecule has 0 heterocycles. The summed E-state index contributed by atoms with van der Waals surface area (Å²) in [5.41, 5.74) is 1.27. The molecule has 0 bridgehead atoms. The van der Waals surface area contributed by atoms with Crippen molar-refractivity contribution < 1.29 is 14.6 Å². The summed E-state index contributed by atoms with van der Waals surface area (Å²) in [4.78, 5) is 10.8. The highest BCUT2D eigenvalue weighted by atomic mass is 16.5. The van der Waals surface area contributed by atoms with Gasteiger partial charge in [-0.15, -0.1) is 0 Å². The van der Waals surface area contributed by atoms with Crippen molar-refractivity contribution in [3.05, 3.63) is 65.7 Å².